The fourth-order valence-electron chi connectivity index (χ4n) is 1.78. The van der Waals surface area contributed by atoms with Crippen molar-refractivity contribution >= 4 is 17.9 Å². The van der Waals surface area contributed by atoms with Crippen molar-refractivity contribution in [3.8, 4) is 5.75 Å². The molecule has 10 nitrogen and oxygen atoms in total. The molecule has 0 radical (unpaired) electrons. The number of nitrogens with one attached hydrogen (secondary N) is 2. The molecular weight excluding hydrogens is 353 g/mol. The van der Waals surface area contributed by atoms with Crippen molar-refractivity contribution in [2.24, 2.45) is 0 Å². The zero-order chi connectivity index (χ0) is 19.9. The summed E-state index contributed by atoms with van der Waals surface area (Å²) >= 11 is 0. The van der Waals surface area contributed by atoms with E-state index in [0.29, 0.717) is 0 Å². The molecule has 1 aromatic carbocycles. The highest BCUT2D eigenvalue weighted by Gasteiger charge is 2.22. The summed E-state index contributed by atoms with van der Waals surface area (Å²) in [5, 5.41) is 24.1. The van der Waals surface area contributed by atoms with E-state index in [2.05, 4.69) is 5.32 Å². The largest absolute Gasteiger partial charge is 0.480 e. The van der Waals surface area contributed by atoms with Gasteiger partial charge in [-0.05, 0) is 26.8 Å². The van der Waals surface area contributed by atoms with E-state index in [1.54, 1.807) is 20.8 Å². The van der Waals surface area contributed by atoms with Gasteiger partial charge in [0.15, 0.2) is 5.75 Å². The number of hydrogen-bond donors (Lipinski definition) is 3. The summed E-state index contributed by atoms with van der Waals surface area (Å²) in [6, 6.07) is 2.63. The minimum atomic E-state index is -1.36. The van der Waals surface area contributed by atoms with Gasteiger partial charge in [-0.15, -0.1) is 0 Å². The van der Waals surface area contributed by atoms with Crippen LogP contribution in [0.4, 0.5) is 19.7 Å². The van der Waals surface area contributed by atoms with Crippen LogP contribution in [0.15, 0.2) is 18.2 Å². The maximum atomic E-state index is 13.4. The number of carbonyl (C=O) groups is 2. The zero-order valence-corrected chi connectivity index (χ0v) is 14.4. The number of benzene rings is 1. The van der Waals surface area contributed by atoms with E-state index in [0.717, 1.165) is 18.2 Å². The van der Waals surface area contributed by atoms with Crippen LogP contribution in [0.5, 0.6) is 5.75 Å². The molecule has 1 aromatic rings. The fraction of sp³-hybridized carbons (Fsp3) is 0.467. The summed E-state index contributed by atoms with van der Waals surface area (Å²) in [6.45, 7) is 4.43. The van der Waals surface area contributed by atoms with Crippen LogP contribution in [0.25, 0.3) is 0 Å². The molecule has 0 saturated carbocycles. The Morgan fingerprint density at radius 1 is 1.31 bits per heavy atom. The van der Waals surface area contributed by atoms with Gasteiger partial charge in [0, 0.05) is 12.1 Å². The molecule has 0 aromatic heterocycles. The van der Waals surface area contributed by atoms with Crippen LogP contribution in [0.3, 0.4) is 0 Å². The van der Waals surface area contributed by atoms with Crippen LogP contribution in [0, 0.1) is 15.9 Å². The van der Waals surface area contributed by atoms with Gasteiger partial charge < -0.3 is 25.2 Å². The molecule has 1 atom stereocenters. The molecule has 144 valence electrons. The van der Waals surface area contributed by atoms with Gasteiger partial charge in [0.2, 0.25) is 0 Å². The lowest BCUT2D eigenvalue weighted by Crippen LogP contribution is -2.44. The van der Waals surface area contributed by atoms with Crippen molar-refractivity contribution < 1.29 is 33.5 Å². The van der Waals surface area contributed by atoms with E-state index in [1.165, 1.54) is 0 Å². The molecule has 2 amide bonds. The molecule has 0 heterocycles. The van der Waals surface area contributed by atoms with E-state index in [4.69, 9.17) is 14.6 Å². The Morgan fingerprint density at radius 2 is 1.92 bits per heavy atom. The number of alkyl carbamates (subject to hydrolysis) is 1. The number of rotatable bonds is 7. The lowest BCUT2D eigenvalue weighted by atomic mass is 10.2. The molecule has 0 aliphatic rings. The van der Waals surface area contributed by atoms with Crippen LogP contribution >= 0.6 is 0 Å². The molecule has 1 unspecified atom stereocenters. The SMILES string of the molecule is CC(C)(C)OC(=O)NCC(CNC(=O)O)Oc1cc(F)ccc1[N+](=O)[O-]. The third-order valence-corrected chi connectivity index (χ3v) is 2.77. The second kappa shape index (κ2) is 8.83. The molecule has 1 rings (SSSR count). The summed E-state index contributed by atoms with van der Waals surface area (Å²) in [4.78, 5) is 32.6. The van der Waals surface area contributed by atoms with Gasteiger partial charge in [0.05, 0.1) is 18.0 Å². The van der Waals surface area contributed by atoms with E-state index < -0.39 is 46.1 Å². The first-order valence-electron chi connectivity index (χ1n) is 7.52. The molecule has 3 N–H and O–H groups in total. The first kappa shape index (κ1) is 20.9. The average molecular weight is 373 g/mol. The number of nitrogens with zero attached hydrogens (tertiary/aromatic N) is 1. The van der Waals surface area contributed by atoms with Crippen molar-refractivity contribution in [1.29, 1.82) is 0 Å². The maximum Gasteiger partial charge on any atom is 0.407 e. The molecule has 26 heavy (non-hydrogen) atoms. The lowest BCUT2D eigenvalue weighted by Gasteiger charge is -2.22. The minimum Gasteiger partial charge on any atom is -0.480 e. The molecule has 0 aliphatic carbocycles. The van der Waals surface area contributed by atoms with Gasteiger partial charge >= 0.3 is 17.9 Å². The molecular formula is C15H20FN3O7. The Bertz CT molecular complexity index is 676. The maximum absolute atomic E-state index is 13.4. The Morgan fingerprint density at radius 3 is 2.46 bits per heavy atom. The summed E-state index contributed by atoms with van der Waals surface area (Å²) in [5.41, 5.74) is -1.25. The van der Waals surface area contributed by atoms with Crippen LogP contribution in [-0.2, 0) is 4.74 Å². The van der Waals surface area contributed by atoms with Crippen LogP contribution in [0.2, 0.25) is 0 Å². The highest BCUT2D eigenvalue weighted by molar-refractivity contribution is 5.67. The second-order valence-corrected chi connectivity index (χ2v) is 6.18. The third kappa shape index (κ3) is 7.64. The Balaban J connectivity index is 2.87. The van der Waals surface area contributed by atoms with Crippen molar-refractivity contribution in [3.05, 3.63) is 34.1 Å². The summed E-state index contributed by atoms with van der Waals surface area (Å²) in [5.74, 6) is -1.16. The average Bonchev–Trinajstić information content (AvgIpc) is 2.47. The van der Waals surface area contributed by atoms with Crippen molar-refractivity contribution in [2.45, 2.75) is 32.5 Å². The Hall–Kier alpha value is -3.11. The van der Waals surface area contributed by atoms with Gasteiger partial charge in [-0.2, -0.15) is 0 Å². The number of hydrogen-bond acceptors (Lipinski definition) is 6. The first-order chi connectivity index (χ1) is 12.0. The monoisotopic (exact) mass is 373 g/mol. The number of nitro benzene ring substituents is 1. The molecule has 0 fully saturated rings. The lowest BCUT2D eigenvalue weighted by molar-refractivity contribution is -0.386. The third-order valence-electron chi connectivity index (χ3n) is 2.77. The molecule has 0 spiro atoms. The number of halogens is 1. The van der Waals surface area contributed by atoms with Crippen LogP contribution in [-0.4, -0.2) is 47.0 Å². The van der Waals surface area contributed by atoms with Crippen molar-refractivity contribution in [2.75, 3.05) is 13.1 Å². The zero-order valence-electron chi connectivity index (χ0n) is 14.4. The quantitative estimate of drug-likeness (QED) is 0.492. The van der Waals surface area contributed by atoms with Gasteiger partial charge in [-0.3, -0.25) is 10.1 Å². The standard InChI is InChI=1S/C15H20FN3O7/c1-15(2,3)26-14(22)18-8-10(7-17-13(20)21)25-12-6-9(16)4-5-11(12)19(23)24/h4-6,10,17H,7-8H2,1-3H3,(H,18,22)(H,20,21). The van der Waals surface area contributed by atoms with E-state index in [-0.39, 0.29) is 13.1 Å². The van der Waals surface area contributed by atoms with E-state index in [1.807, 2.05) is 5.32 Å². The predicted molar refractivity (Wildman–Crippen MR) is 87.7 cm³/mol. The van der Waals surface area contributed by atoms with Crippen molar-refractivity contribution in [1.82, 2.24) is 10.6 Å². The predicted octanol–water partition coefficient (Wildman–Crippen LogP) is 2.27. The summed E-state index contributed by atoms with van der Waals surface area (Å²) in [7, 11) is 0. The van der Waals surface area contributed by atoms with Gasteiger partial charge in [0.25, 0.3) is 0 Å². The Labute approximate surface area is 148 Å². The topological polar surface area (TPSA) is 140 Å². The normalized spacial score (nSPS) is 12.0. The van der Waals surface area contributed by atoms with Crippen molar-refractivity contribution in [3.63, 3.8) is 0 Å². The van der Waals surface area contributed by atoms with E-state index >= 15 is 0 Å². The number of ether oxygens (including phenoxy) is 2. The number of carboxylic acid groups (broad SMARTS) is 1. The highest BCUT2D eigenvalue weighted by atomic mass is 19.1. The number of nitro groups is 1. The Kier molecular flexibility index (Phi) is 7.11. The molecule has 11 heteroatoms. The van der Waals surface area contributed by atoms with Crippen LogP contribution < -0.4 is 15.4 Å². The second-order valence-electron chi connectivity index (χ2n) is 6.18. The minimum absolute atomic E-state index is 0.233. The number of carbonyl (C=O) groups excluding carboxylic acids is 1. The highest BCUT2D eigenvalue weighted by Crippen LogP contribution is 2.28. The van der Waals surface area contributed by atoms with E-state index in [9.17, 15) is 24.1 Å². The molecule has 0 bridgehead atoms. The summed E-state index contributed by atoms with van der Waals surface area (Å²) < 4.78 is 23.7. The van der Waals surface area contributed by atoms with Gasteiger partial charge in [-0.25, -0.2) is 14.0 Å². The first-order valence-corrected chi connectivity index (χ1v) is 7.52. The fourth-order valence-corrected chi connectivity index (χ4v) is 1.78. The summed E-state index contributed by atoms with van der Waals surface area (Å²) in [6.07, 6.45) is -3.18. The molecule has 0 saturated heterocycles. The van der Waals surface area contributed by atoms with Crippen LogP contribution in [0.1, 0.15) is 20.8 Å². The van der Waals surface area contributed by atoms with Gasteiger partial charge in [0.1, 0.15) is 17.5 Å². The molecule has 0 aliphatic heterocycles. The smallest absolute Gasteiger partial charge is 0.407 e. The number of amides is 2. The van der Waals surface area contributed by atoms with Gasteiger partial charge in [-0.1, -0.05) is 0 Å².